The third-order valence-corrected chi connectivity index (χ3v) is 3.95. The molecule has 0 saturated carbocycles. The fourth-order valence-corrected chi connectivity index (χ4v) is 2.64. The summed E-state index contributed by atoms with van der Waals surface area (Å²) in [6.07, 6.45) is 0. The zero-order chi connectivity index (χ0) is 17.6. The van der Waals surface area contributed by atoms with E-state index in [1.807, 2.05) is 35.2 Å². The lowest BCUT2D eigenvalue weighted by Crippen LogP contribution is -2.51. The molecule has 0 unspecified atom stereocenters. The first kappa shape index (κ1) is 17.0. The van der Waals surface area contributed by atoms with E-state index < -0.39 is 0 Å². The van der Waals surface area contributed by atoms with Crippen LogP contribution in [0.1, 0.15) is 5.76 Å². The van der Waals surface area contributed by atoms with E-state index in [1.165, 1.54) is 0 Å². The van der Waals surface area contributed by atoms with Gasteiger partial charge in [-0.25, -0.2) is 4.79 Å². The molecule has 1 aliphatic heterocycles. The number of nitrogens with zero attached hydrogens (tertiary/aromatic N) is 3. The normalized spacial score (nSPS) is 15.0. The van der Waals surface area contributed by atoms with E-state index in [0.29, 0.717) is 37.8 Å². The lowest BCUT2D eigenvalue weighted by atomic mass is 10.3. The number of rotatable bonds is 4. The number of benzene rings is 1. The monoisotopic (exact) mass is 343 g/mol. The van der Waals surface area contributed by atoms with Crippen LogP contribution in [0.4, 0.5) is 16.3 Å². The van der Waals surface area contributed by atoms with Gasteiger partial charge in [0.15, 0.2) is 5.82 Å². The third-order valence-electron chi connectivity index (χ3n) is 3.95. The number of nitrogens with one attached hydrogen (secondary N) is 2. The molecular weight excluding hydrogens is 322 g/mol. The number of hydrogen-bond donors (Lipinski definition) is 2. The molecule has 1 aromatic carbocycles. The molecule has 2 N–H and O–H groups in total. The van der Waals surface area contributed by atoms with Gasteiger partial charge in [-0.3, -0.25) is 9.69 Å². The molecule has 1 saturated heterocycles. The Hall–Kier alpha value is -2.87. The molecule has 1 aromatic heterocycles. The Morgan fingerprint density at radius 2 is 1.84 bits per heavy atom. The number of amides is 3. The van der Waals surface area contributed by atoms with Gasteiger partial charge in [-0.2, -0.15) is 0 Å². The van der Waals surface area contributed by atoms with Crippen LogP contribution >= 0.6 is 0 Å². The number of carbonyl (C=O) groups excluding carboxylic acids is 2. The highest BCUT2D eigenvalue weighted by atomic mass is 16.5. The molecule has 0 radical (unpaired) electrons. The molecule has 0 spiro atoms. The summed E-state index contributed by atoms with van der Waals surface area (Å²) in [5.41, 5.74) is 0.775. The van der Waals surface area contributed by atoms with Gasteiger partial charge in [-0.05, 0) is 19.1 Å². The number of anilines is 2. The summed E-state index contributed by atoms with van der Waals surface area (Å²) < 4.78 is 4.92. The van der Waals surface area contributed by atoms with Gasteiger partial charge < -0.3 is 20.1 Å². The van der Waals surface area contributed by atoms with Gasteiger partial charge >= 0.3 is 6.03 Å². The first-order chi connectivity index (χ1) is 12.1. The third kappa shape index (κ3) is 4.80. The van der Waals surface area contributed by atoms with E-state index in [-0.39, 0.29) is 18.5 Å². The SMILES string of the molecule is Cc1cc(NC(=O)CN2CCN(C(=O)Nc3ccccc3)CC2)no1. The van der Waals surface area contributed by atoms with E-state index in [9.17, 15) is 9.59 Å². The van der Waals surface area contributed by atoms with Gasteiger partial charge in [0.2, 0.25) is 5.91 Å². The second kappa shape index (κ2) is 7.80. The lowest BCUT2D eigenvalue weighted by Gasteiger charge is -2.34. The van der Waals surface area contributed by atoms with Crippen LogP contribution in [-0.2, 0) is 4.79 Å². The summed E-state index contributed by atoms with van der Waals surface area (Å²) >= 11 is 0. The Kier molecular flexibility index (Phi) is 5.30. The number of urea groups is 1. The van der Waals surface area contributed by atoms with Crippen molar-refractivity contribution < 1.29 is 14.1 Å². The van der Waals surface area contributed by atoms with Gasteiger partial charge in [0.1, 0.15) is 5.76 Å². The van der Waals surface area contributed by atoms with Crippen LogP contribution < -0.4 is 10.6 Å². The van der Waals surface area contributed by atoms with Crippen molar-refractivity contribution in [3.63, 3.8) is 0 Å². The van der Waals surface area contributed by atoms with Crippen molar-refractivity contribution in [2.75, 3.05) is 43.4 Å². The Morgan fingerprint density at radius 3 is 2.48 bits per heavy atom. The van der Waals surface area contributed by atoms with E-state index in [1.54, 1.807) is 17.9 Å². The minimum atomic E-state index is -0.143. The minimum absolute atomic E-state index is 0.117. The second-order valence-electron chi connectivity index (χ2n) is 5.93. The summed E-state index contributed by atoms with van der Waals surface area (Å²) in [7, 11) is 0. The molecular formula is C17H21N5O3. The van der Waals surface area contributed by atoms with Crippen LogP contribution in [0.25, 0.3) is 0 Å². The molecule has 2 aromatic rings. The predicted molar refractivity (Wildman–Crippen MR) is 93.3 cm³/mol. The molecule has 0 bridgehead atoms. The van der Waals surface area contributed by atoms with Gasteiger partial charge in [0.25, 0.3) is 0 Å². The first-order valence-electron chi connectivity index (χ1n) is 8.16. The van der Waals surface area contributed by atoms with Crippen LogP contribution in [0.3, 0.4) is 0 Å². The number of para-hydroxylation sites is 1. The van der Waals surface area contributed by atoms with Crippen LogP contribution in [0.15, 0.2) is 40.9 Å². The highest BCUT2D eigenvalue weighted by molar-refractivity contribution is 5.91. The minimum Gasteiger partial charge on any atom is -0.360 e. The number of aryl methyl sites for hydroxylation is 1. The Morgan fingerprint density at radius 1 is 1.12 bits per heavy atom. The molecule has 1 aliphatic rings. The van der Waals surface area contributed by atoms with Crippen molar-refractivity contribution >= 4 is 23.4 Å². The van der Waals surface area contributed by atoms with Crippen molar-refractivity contribution in [1.29, 1.82) is 0 Å². The lowest BCUT2D eigenvalue weighted by molar-refractivity contribution is -0.117. The van der Waals surface area contributed by atoms with Crippen molar-refractivity contribution in [3.05, 3.63) is 42.2 Å². The Labute approximate surface area is 145 Å². The molecule has 1 fully saturated rings. The smallest absolute Gasteiger partial charge is 0.321 e. The molecule has 3 amide bonds. The van der Waals surface area contributed by atoms with Crippen LogP contribution in [-0.4, -0.2) is 59.6 Å². The molecule has 3 rings (SSSR count). The molecule has 0 aliphatic carbocycles. The largest absolute Gasteiger partial charge is 0.360 e. The average Bonchev–Trinajstić information content (AvgIpc) is 3.01. The quantitative estimate of drug-likeness (QED) is 0.883. The summed E-state index contributed by atoms with van der Waals surface area (Å²) in [5, 5.41) is 9.31. The van der Waals surface area contributed by atoms with E-state index >= 15 is 0 Å². The van der Waals surface area contributed by atoms with Crippen molar-refractivity contribution in [3.8, 4) is 0 Å². The van der Waals surface area contributed by atoms with Gasteiger partial charge in [0.05, 0.1) is 6.54 Å². The fourth-order valence-electron chi connectivity index (χ4n) is 2.64. The fraction of sp³-hybridized carbons (Fsp3) is 0.353. The van der Waals surface area contributed by atoms with Gasteiger partial charge in [-0.15, -0.1) is 0 Å². The molecule has 8 nitrogen and oxygen atoms in total. The number of hydrogen-bond acceptors (Lipinski definition) is 5. The predicted octanol–water partition coefficient (Wildman–Crippen LogP) is 1.77. The number of carbonyl (C=O) groups is 2. The van der Waals surface area contributed by atoms with Crippen LogP contribution in [0, 0.1) is 6.92 Å². The summed E-state index contributed by atoms with van der Waals surface area (Å²) in [6, 6.07) is 10.9. The second-order valence-corrected chi connectivity index (χ2v) is 5.93. The van der Waals surface area contributed by atoms with E-state index in [4.69, 9.17) is 4.52 Å². The summed E-state index contributed by atoms with van der Waals surface area (Å²) in [6.45, 7) is 4.48. The number of piperazine rings is 1. The average molecular weight is 343 g/mol. The molecule has 132 valence electrons. The Balaban J connectivity index is 1.42. The molecule has 8 heteroatoms. The molecule has 2 heterocycles. The topological polar surface area (TPSA) is 90.7 Å². The maximum Gasteiger partial charge on any atom is 0.321 e. The standard InChI is InChI=1S/C17H21N5O3/c1-13-11-15(20-25-13)19-16(23)12-21-7-9-22(10-8-21)17(24)18-14-5-3-2-4-6-14/h2-6,11H,7-10,12H2,1H3,(H,18,24)(H,19,20,23). The zero-order valence-corrected chi connectivity index (χ0v) is 14.1. The summed E-state index contributed by atoms with van der Waals surface area (Å²) in [4.78, 5) is 28.0. The number of aromatic nitrogens is 1. The van der Waals surface area contributed by atoms with Gasteiger partial charge in [-0.1, -0.05) is 23.4 Å². The van der Waals surface area contributed by atoms with E-state index in [2.05, 4.69) is 15.8 Å². The first-order valence-corrected chi connectivity index (χ1v) is 8.16. The van der Waals surface area contributed by atoms with Crippen molar-refractivity contribution in [1.82, 2.24) is 15.0 Å². The molecule has 0 atom stereocenters. The van der Waals surface area contributed by atoms with Crippen LogP contribution in [0.5, 0.6) is 0 Å². The highest BCUT2D eigenvalue weighted by Crippen LogP contribution is 2.10. The van der Waals surface area contributed by atoms with Crippen LogP contribution in [0.2, 0.25) is 0 Å². The molecule has 25 heavy (non-hydrogen) atoms. The maximum atomic E-state index is 12.2. The van der Waals surface area contributed by atoms with E-state index in [0.717, 1.165) is 5.69 Å². The summed E-state index contributed by atoms with van der Waals surface area (Å²) in [5.74, 6) is 0.923. The van der Waals surface area contributed by atoms with Crippen molar-refractivity contribution in [2.45, 2.75) is 6.92 Å². The maximum absolute atomic E-state index is 12.2. The highest BCUT2D eigenvalue weighted by Gasteiger charge is 2.22. The van der Waals surface area contributed by atoms with Crippen molar-refractivity contribution in [2.24, 2.45) is 0 Å². The van der Waals surface area contributed by atoms with Gasteiger partial charge in [0, 0.05) is 37.9 Å². The zero-order valence-electron chi connectivity index (χ0n) is 14.1. The Bertz CT molecular complexity index is 723.